The monoisotopic (exact) mass is 347 g/mol. The van der Waals surface area contributed by atoms with Crippen molar-refractivity contribution in [3.05, 3.63) is 71.0 Å². The number of nitrogens with zero attached hydrogens (tertiary/aromatic N) is 1. The first kappa shape index (κ1) is 16.4. The molecule has 0 spiro atoms. The van der Waals surface area contributed by atoms with Gasteiger partial charge in [0.15, 0.2) is 0 Å². The minimum Gasteiger partial charge on any atom is -0.337 e. The average molecular weight is 347 g/mol. The molecule has 1 aliphatic heterocycles. The summed E-state index contributed by atoms with van der Waals surface area (Å²) < 4.78 is 14.2. The summed E-state index contributed by atoms with van der Waals surface area (Å²) in [4.78, 5) is 14.0. The molecule has 1 fully saturated rings. The van der Waals surface area contributed by atoms with Crippen molar-refractivity contribution in [1.29, 1.82) is 0 Å². The molecule has 120 valence electrons. The van der Waals surface area contributed by atoms with Gasteiger partial charge in [-0.1, -0.05) is 30.3 Å². The number of rotatable bonds is 4. The Balaban J connectivity index is 1.68. The van der Waals surface area contributed by atoms with Crippen LogP contribution in [-0.2, 0) is 6.54 Å². The Morgan fingerprint density at radius 2 is 1.78 bits per heavy atom. The smallest absolute Gasteiger partial charge is 0.253 e. The van der Waals surface area contributed by atoms with Gasteiger partial charge in [-0.2, -0.15) is 0 Å². The third-order valence-electron chi connectivity index (χ3n) is 3.76. The number of halogens is 1. The van der Waals surface area contributed by atoms with Crippen LogP contribution in [0, 0.1) is 5.82 Å². The molecule has 0 aliphatic carbocycles. The van der Waals surface area contributed by atoms with Gasteiger partial charge < -0.3 is 4.90 Å². The van der Waals surface area contributed by atoms with E-state index < -0.39 is 0 Å². The summed E-state index contributed by atoms with van der Waals surface area (Å²) in [5, 5.41) is 0. The SMILES string of the molecule is CN(Cc1ccccc1F)C(=O)c1ccc(C2SCCS2)cc1. The molecule has 0 atom stereocenters. The summed E-state index contributed by atoms with van der Waals surface area (Å²) in [6.07, 6.45) is 0. The molecule has 1 saturated heterocycles. The zero-order chi connectivity index (χ0) is 16.2. The Morgan fingerprint density at radius 3 is 2.43 bits per heavy atom. The fraction of sp³-hybridized carbons (Fsp3) is 0.278. The van der Waals surface area contributed by atoms with Crippen molar-refractivity contribution < 1.29 is 9.18 Å². The largest absolute Gasteiger partial charge is 0.337 e. The minimum absolute atomic E-state index is 0.0912. The van der Waals surface area contributed by atoms with Crippen LogP contribution in [0.5, 0.6) is 0 Å². The average Bonchev–Trinajstić information content (AvgIpc) is 3.11. The lowest BCUT2D eigenvalue weighted by Crippen LogP contribution is -2.26. The number of amides is 1. The molecule has 2 nitrogen and oxygen atoms in total. The van der Waals surface area contributed by atoms with E-state index in [2.05, 4.69) is 0 Å². The molecule has 2 aromatic rings. The van der Waals surface area contributed by atoms with Gasteiger partial charge >= 0.3 is 0 Å². The van der Waals surface area contributed by atoms with Gasteiger partial charge in [-0.3, -0.25) is 4.79 Å². The van der Waals surface area contributed by atoms with E-state index in [1.165, 1.54) is 23.1 Å². The highest BCUT2D eigenvalue weighted by atomic mass is 32.2. The van der Waals surface area contributed by atoms with Crippen LogP contribution in [-0.4, -0.2) is 29.4 Å². The maximum absolute atomic E-state index is 13.7. The third-order valence-corrected chi connectivity index (χ3v) is 6.87. The summed E-state index contributed by atoms with van der Waals surface area (Å²) in [5.41, 5.74) is 2.42. The Bertz CT molecular complexity index is 684. The first-order valence-electron chi connectivity index (χ1n) is 7.47. The second-order valence-corrected chi connectivity index (χ2v) is 8.17. The molecule has 0 saturated carbocycles. The zero-order valence-corrected chi connectivity index (χ0v) is 14.5. The number of hydrogen-bond acceptors (Lipinski definition) is 3. The van der Waals surface area contributed by atoms with E-state index in [4.69, 9.17) is 0 Å². The number of carbonyl (C=O) groups is 1. The van der Waals surface area contributed by atoms with Crippen LogP contribution in [0.15, 0.2) is 48.5 Å². The third kappa shape index (κ3) is 3.90. The van der Waals surface area contributed by atoms with Gasteiger partial charge in [-0.05, 0) is 23.8 Å². The van der Waals surface area contributed by atoms with Crippen molar-refractivity contribution in [1.82, 2.24) is 4.90 Å². The molecule has 0 radical (unpaired) electrons. The van der Waals surface area contributed by atoms with Crippen LogP contribution >= 0.6 is 23.5 Å². The predicted molar refractivity (Wildman–Crippen MR) is 96.3 cm³/mol. The van der Waals surface area contributed by atoms with Crippen LogP contribution in [0.1, 0.15) is 26.1 Å². The van der Waals surface area contributed by atoms with Crippen molar-refractivity contribution >= 4 is 29.4 Å². The predicted octanol–water partition coefficient (Wildman–Crippen LogP) is 4.58. The summed E-state index contributed by atoms with van der Waals surface area (Å²) in [6, 6.07) is 14.3. The van der Waals surface area contributed by atoms with Crippen LogP contribution in [0.25, 0.3) is 0 Å². The van der Waals surface area contributed by atoms with Gasteiger partial charge in [0.1, 0.15) is 5.82 Å². The quantitative estimate of drug-likeness (QED) is 0.808. The minimum atomic E-state index is -0.280. The van der Waals surface area contributed by atoms with E-state index in [1.807, 2.05) is 47.8 Å². The molecule has 0 N–H and O–H groups in total. The topological polar surface area (TPSA) is 20.3 Å². The molecule has 0 bridgehead atoms. The molecular formula is C18H18FNOS2. The van der Waals surface area contributed by atoms with Crippen molar-refractivity contribution in [2.24, 2.45) is 0 Å². The molecular weight excluding hydrogens is 329 g/mol. The summed E-state index contributed by atoms with van der Waals surface area (Å²) >= 11 is 3.89. The Hall–Kier alpha value is -1.46. The highest BCUT2D eigenvalue weighted by Crippen LogP contribution is 2.45. The van der Waals surface area contributed by atoms with Gasteiger partial charge in [-0.25, -0.2) is 4.39 Å². The van der Waals surface area contributed by atoms with E-state index in [0.717, 1.165) is 0 Å². The second-order valence-electron chi connectivity index (χ2n) is 5.45. The number of benzene rings is 2. The van der Waals surface area contributed by atoms with Crippen LogP contribution in [0.3, 0.4) is 0 Å². The van der Waals surface area contributed by atoms with Gasteiger partial charge in [0.2, 0.25) is 0 Å². The highest BCUT2D eigenvalue weighted by Gasteiger charge is 2.19. The van der Waals surface area contributed by atoms with Crippen LogP contribution < -0.4 is 0 Å². The molecule has 1 amide bonds. The molecule has 3 rings (SSSR count). The lowest BCUT2D eigenvalue weighted by molar-refractivity contribution is 0.0784. The highest BCUT2D eigenvalue weighted by molar-refractivity contribution is 8.19. The normalized spacial score (nSPS) is 14.9. The van der Waals surface area contributed by atoms with E-state index in [1.54, 1.807) is 30.1 Å². The van der Waals surface area contributed by atoms with E-state index in [-0.39, 0.29) is 18.3 Å². The van der Waals surface area contributed by atoms with Gasteiger partial charge in [0, 0.05) is 36.2 Å². The molecule has 2 aromatic carbocycles. The Kier molecular flexibility index (Phi) is 5.28. The fourth-order valence-electron chi connectivity index (χ4n) is 2.51. The zero-order valence-electron chi connectivity index (χ0n) is 12.9. The maximum atomic E-state index is 13.7. The van der Waals surface area contributed by atoms with Crippen molar-refractivity contribution in [3.8, 4) is 0 Å². The van der Waals surface area contributed by atoms with Crippen molar-refractivity contribution in [2.75, 3.05) is 18.6 Å². The molecule has 1 heterocycles. The van der Waals surface area contributed by atoms with Gasteiger partial charge in [-0.15, -0.1) is 23.5 Å². The summed E-state index contributed by atoms with van der Waals surface area (Å²) in [6.45, 7) is 0.265. The number of hydrogen-bond donors (Lipinski definition) is 0. The molecule has 23 heavy (non-hydrogen) atoms. The molecule has 5 heteroatoms. The van der Waals surface area contributed by atoms with Crippen molar-refractivity contribution in [2.45, 2.75) is 11.1 Å². The van der Waals surface area contributed by atoms with Gasteiger partial charge in [0.25, 0.3) is 5.91 Å². The number of thioether (sulfide) groups is 2. The summed E-state index contributed by atoms with van der Waals surface area (Å²) in [7, 11) is 1.70. The van der Waals surface area contributed by atoms with E-state index in [0.29, 0.717) is 15.7 Å². The van der Waals surface area contributed by atoms with Crippen LogP contribution in [0.4, 0.5) is 4.39 Å². The van der Waals surface area contributed by atoms with Crippen molar-refractivity contribution in [3.63, 3.8) is 0 Å². The lowest BCUT2D eigenvalue weighted by atomic mass is 10.1. The fourth-order valence-corrected chi connectivity index (χ4v) is 5.37. The molecule has 0 unspecified atom stereocenters. The first-order valence-corrected chi connectivity index (χ1v) is 9.57. The second kappa shape index (κ2) is 7.41. The first-order chi connectivity index (χ1) is 11.1. The van der Waals surface area contributed by atoms with E-state index >= 15 is 0 Å². The van der Waals surface area contributed by atoms with E-state index in [9.17, 15) is 9.18 Å². The Labute approximate surface area is 144 Å². The lowest BCUT2D eigenvalue weighted by Gasteiger charge is -2.18. The number of carbonyl (C=O) groups excluding carboxylic acids is 1. The van der Waals surface area contributed by atoms with Crippen LogP contribution in [0.2, 0.25) is 0 Å². The standard InChI is InChI=1S/C18H18FNOS2/c1-20(12-15-4-2-3-5-16(15)19)17(21)13-6-8-14(9-7-13)18-22-10-11-23-18/h2-9,18H,10-12H2,1H3. The summed E-state index contributed by atoms with van der Waals surface area (Å²) in [5.74, 6) is 1.99. The maximum Gasteiger partial charge on any atom is 0.253 e. The van der Waals surface area contributed by atoms with Gasteiger partial charge in [0.05, 0.1) is 4.58 Å². The Morgan fingerprint density at radius 1 is 1.13 bits per heavy atom. The molecule has 1 aliphatic rings. The molecule has 0 aromatic heterocycles.